The molecule has 108 valence electrons. The molecule has 0 spiro atoms. The van der Waals surface area contributed by atoms with Crippen LogP contribution in [-0.2, 0) is 4.79 Å². The van der Waals surface area contributed by atoms with Crippen molar-refractivity contribution in [3.05, 3.63) is 28.2 Å². The van der Waals surface area contributed by atoms with Crippen molar-refractivity contribution in [1.29, 1.82) is 0 Å². The number of carbonyl (C=O) groups excluding carboxylic acids is 1. The standard InChI is InChI=1S/C14H17BrN2O3/c1-9-4-5-11(7-12(9)15)16-14(20)17-6-2-3-10(8-17)13(18)19/h4-5,7,10H,2-3,6,8H2,1H3,(H,16,20)(H,18,19). The molecule has 1 aromatic rings. The Morgan fingerprint density at radius 3 is 2.85 bits per heavy atom. The Bertz CT molecular complexity index is 533. The van der Waals surface area contributed by atoms with E-state index in [-0.39, 0.29) is 12.6 Å². The van der Waals surface area contributed by atoms with Gasteiger partial charge in [-0.05, 0) is 37.5 Å². The van der Waals surface area contributed by atoms with Crippen molar-refractivity contribution in [2.45, 2.75) is 19.8 Å². The molecule has 1 unspecified atom stereocenters. The first-order valence-corrected chi connectivity index (χ1v) is 7.31. The summed E-state index contributed by atoms with van der Waals surface area (Å²) in [6.45, 7) is 2.84. The fourth-order valence-corrected chi connectivity index (χ4v) is 2.62. The summed E-state index contributed by atoms with van der Waals surface area (Å²) in [6.07, 6.45) is 1.36. The number of hydrogen-bond acceptors (Lipinski definition) is 2. The number of anilines is 1. The Kier molecular flexibility index (Phi) is 4.65. The summed E-state index contributed by atoms with van der Waals surface area (Å²) in [5, 5.41) is 11.8. The first-order chi connectivity index (χ1) is 9.47. The summed E-state index contributed by atoms with van der Waals surface area (Å²) in [7, 11) is 0. The number of hydrogen-bond donors (Lipinski definition) is 2. The molecular formula is C14H17BrN2O3. The average Bonchev–Trinajstić information content (AvgIpc) is 2.43. The Morgan fingerprint density at radius 1 is 1.45 bits per heavy atom. The van der Waals surface area contributed by atoms with Crippen LogP contribution >= 0.6 is 15.9 Å². The van der Waals surface area contributed by atoms with Crippen LogP contribution < -0.4 is 5.32 Å². The van der Waals surface area contributed by atoms with Gasteiger partial charge in [-0.25, -0.2) is 4.79 Å². The monoisotopic (exact) mass is 340 g/mol. The molecule has 2 N–H and O–H groups in total. The highest BCUT2D eigenvalue weighted by Gasteiger charge is 2.28. The van der Waals surface area contributed by atoms with Crippen molar-refractivity contribution in [3.63, 3.8) is 0 Å². The zero-order chi connectivity index (χ0) is 14.7. The number of carboxylic acid groups (broad SMARTS) is 1. The normalized spacial score (nSPS) is 18.7. The highest BCUT2D eigenvalue weighted by atomic mass is 79.9. The number of nitrogens with one attached hydrogen (secondary N) is 1. The van der Waals surface area contributed by atoms with Gasteiger partial charge in [0.2, 0.25) is 0 Å². The summed E-state index contributed by atoms with van der Waals surface area (Å²) in [5.41, 5.74) is 1.79. The fraction of sp³-hybridized carbons (Fsp3) is 0.429. The van der Waals surface area contributed by atoms with Crippen LogP contribution in [0.4, 0.5) is 10.5 Å². The third-order valence-electron chi connectivity index (χ3n) is 3.48. The Balaban J connectivity index is 2.00. The second-order valence-corrected chi connectivity index (χ2v) is 5.87. The number of aryl methyl sites for hydroxylation is 1. The van der Waals surface area contributed by atoms with Gasteiger partial charge in [-0.1, -0.05) is 22.0 Å². The van der Waals surface area contributed by atoms with Crippen LogP contribution in [0.2, 0.25) is 0 Å². The van der Waals surface area contributed by atoms with Crippen LogP contribution in [-0.4, -0.2) is 35.1 Å². The minimum Gasteiger partial charge on any atom is -0.481 e. The lowest BCUT2D eigenvalue weighted by Gasteiger charge is -2.30. The molecule has 6 heteroatoms. The largest absolute Gasteiger partial charge is 0.481 e. The highest BCUT2D eigenvalue weighted by Crippen LogP contribution is 2.22. The van der Waals surface area contributed by atoms with Crippen LogP contribution in [0.25, 0.3) is 0 Å². The minimum absolute atomic E-state index is 0.244. The molecule has 2 amide bonds. The number of halogens is 1. The van der Waals surface area contributed by atoms with Crippen molar-refractivity contribution in [2.75, 3.05) is 18.4 Å². The van der Waals surface area contributed by atoms with E-state index in [2.05, 4.69) is 21.2 Å². The average molecular weight is 341 g/mol. The lowest BCUT2D eigenvalue weighted by molar-refractivity contribution is -0.143. The molecule has 5 nitrogen and oxygen atoms in total. The molecule has 20 heavy (non-hydrogen) atoms. The number of amides is 2. The van der Waals surface area contributed by atoms with Gasteiger partial charge in [-0.2, -0.15) is 0 Å². The minimum atomic E-state index is -0.833. The van der Waals surface area contributed by atoms with E-state index in [0.717, 1.165) is 16.5 Å². The van der Waals surface area contributed by atoms with Crippen molar-refractivity contribution in [2.24, 2.45) is 5.92 Å². The number of piperidine rings is 1. The third-order valence-corrected chi connectivity index (χ3v) is 4.34. The maximum absolute atomic E-state index is 12.1. The van der Waals surface area contributed by atoms with Crippen molar-refractivity contribution < 1.29 is 14.7 Å². The predicted molar refractivity (Wildman–Crippen MR) is 79.8 cm³/mol. The lowest BCUT2D eigenvalue weighted by atomic mass is 9.99. The molecular weight excluding hydrogens is 324 g/mol. The van der Waals surface area contributed by atoms with Gasteiger partial charge in [0.25, 0.3) is 0 Å². The van der Waals surface area contributed by atoms with E-state index in [1.165, 1.54) is 0 Å². The van der Waals surface area contributed by atoms with Gasteiger partial charge in [0.1, 0.15) is 0 Å². The van der Waals surface area contributed by atoms with Gasteiger partial charge in [0, 0.05) is 23.2 Å². The second-order valence-electron chi connectivity index (χ2n) is 5.02. The maximum Gasteiger partial charge on any atom is 0.321 e. The van der Waals surface area contributed by atoms with Crippen molar-refractivity contribution in [1.82, 2.24) is 4.90 Å². The number of urea groups is 1. The number of aliphatic carboxylic acids is 1. The SMILES string of the molecule is Cc1ccc(NC(=O)N2CCCC(C(=O)O)C2)cc1Br. The molecule has 1 fully saturated rings. The zero-order valence-electron chi connectivity index (χ0n) is 11.2. The number of benzene rings is 1. The van der Waals surface area contributed by atoms with Gasteiger partial charge in [-0.3, -0.25) is 4.79 Å². The van der Waals surface area contributed by atoms with E-state index >= 15 is 0 Å². The summed E-state index contributed by atoms with van der Waals surface area (Å²) in [6, 6.07) is 5.34. The second kappa shape index (κ2) is 6.26. The lowest BCUT2D eigenvalue weighted by Crippen LogP contribution is -2.44. The number of carbonyl (C=O) groups is 2. The van der Waals surface area contributed by atoms with Gasteiger partial charge < -0.3 is 15.3 Å². The van der Waals surface area contributed by atoms with E-state index < -0.39 is 11.9 Å². The molecule has 1 saturated heterocycles. The molecule has 2 rings (SSSR count). The zero-order valence-corrected chi connectivity index (χ0v) is 12.8. The van der Waals surface area contributed by atoms with Gasteiger partial charge in [0.05, 0.1) is 5.92 Å². The van der Waals surface area contributed by atoms with Gasteiger partial charge >= 0.3 is 12.0 Å². The Hall–Kier alpha value is -1.56. The predicted octanol–water partition coefficient (Wildman–Crippen LogP) is 3.09. The van der Waals surface area contributed by atoms with Crippen molar-refractivity contribution in [3.8, 4) is 0 Å². The van der Waals surface area contributed by atoms with Crippen LogP contribution in [0, 0.1) is 12.8 Å². The molecule has 0 aromatic heterocycles. The number of nitrogens with zero attached hydrogens (tertiary/aromatic N) is 1. The highest BCUT2D eigenvalue weighted by molar-refractivity contribution is 9.10. The molecule has 0 aliphatic carbocycles. The topological polar surface area (TPSA) is 69.6 Å². The first kappa shape index (κ1) is 14.8. The molecule has 1 heterocycles. The van der Waals surface area contributed by atoms with Crippen molar-refractivity contribution >= 4 is 33.6 Å². The summed E-state index contributed by atoms with van der Waals surface area (Å²) in [4.78, 5) is 24.7. The maximum atomic E-state index is 12.1. The molecule has 0 radical (unpaired) electrons. The van der Waals surface area contributed by atoms with Crippen LogP contribution in [0.15, 0.2) is 22.7 Å². The molecule has 1 aromatic carbocycles. The molecule has 1 atom stereocenters. The van der Waals surface area contributed by atoms with Gasteiger partial charge in [0.15, 0.2) is 0 Å². The molecule has 0 bridgehead atoms. The number of rotatable bonds is 2. The molecule has 1 aliphatic heterocycles. The Labute approximate surface area is 126 Å². The summed E-state index contributed by atoms with van der Waals surface area (Å²) in [5.74, 6) is -1.29. The molecule has 0 saturated carbocycles. The van der Waals surface area contributed by atoms with E-state index in [0.29, 0.717) is 18.7 Å². The van der Waals surface area contributed by atoms with Crippen LogP contribution in [0.1, 0.15) is 18.4 Å². The quantitative estimate of drug-likeness (QED) is 0.869. The van der Waals surface area contributed by atoms with Crippen LogP contribution in [0.3, 0.4) is 0 Å². The smallest absolute Gasteiger partial charge is 0.321 e. The van der Waals surface area contributed by atoms with E-state index in [9.17, 15) is 9.59 Å². The Morgan fingerprint density at radius 2 is 2.20 bits per heavy atom. The van der Waals surface area contributed by atoms with E-state index in [4.69, 9.17) is 5.11 Å². The third kappa shape index (κ3) is 3.50. The first-order valence-electron chi connectivity index (χ1n) is 6.52. The van der Waals surface area contributed by atoms with E-state index in [1.54, 1.807) is 4.90 Å². The van der Waals surface area contributed by atoms with Gasteiger partial charge in [-0.15, -0.1) is 0 Å². The summed E-state index contributed by atoms with van der Waals surface area (Å²) < 4.78 is 0.928. The van der Waals surface area contributed by atoms with Crippen LogP contribution in [0.5, 0.6) is 0 Å². The fourth-order valence-electron chi connectivity index (χ4n) is 2.24. The molecule has 1 aliphatic rings. The summed E-state index contributed by atoms with van der Waals surface area (Å²) >= 11 is 3.42. The number of carboxylic acids is 1. The number of likely N-dealkylation sites (tertiary alicyclic amines) is 1. The van der Waals surface area contributed by atoms with E-state index in [1.807, 2.05) is 25.1 Å².